The molecule has 1 aromatic heterocycles. The van der Waals surface area contributed by atoms with Crippen LogP contribution >= 0.6 is 0 Å². The molecule has 0 amide bonds. The lowest BCUT2D eigenvalue weighted by molar-refractivity contribution is 0.0815. The number of anilines is 1. The normalized spacial score (nSPS) is 13.1. The Kier molecular flexibility index (Phi) is 3.31. The van der Waals surface area contributed by atoms with Crippen molar-refractivity contribution < 1.29 is 10.2 Å². The molecule has 2 rings (SSSR count). The number of aryl methyl sites for hydroxylation is 1. The van der Waals surface area contributed by atoms with Gasteiger partial charge < -0.3 is 20.5 Å². The van der Waals surface area contributed by atoms with Gasteiger partial charge in [-0.1, -0.05) is 13.0 Å². The molecular weight excluding hydrogens is 218 g/mol. The molecule has 1 atom stereocenters. The van der Waals surface area contributed by atoms with Crippen LogP contribution in [0.2, 0.25) is 0 Å². The van der Waals surface area contributed by atoms with Gasteiger partial charge >= 0.3 is 0 Å². The predicted molar refractivity (Wildman–Crippen MR) is 66.6 cm³/mol. The fourth-order valence-electron chi connectivity index (χ4n) is 1.96. The molecule has 5 nitrogen and oxygen atoms in total. The number of aliphatic hydroxyl groups is 2. The maximum Gasteiger partial charge on any atom is 0.112 e. The molecule has 0 saturated carbocycles. The number of aliphatic hydroxyl groups excluding tert-OH is 2. The van der Waals surface area contributed by atoms with Gasteiger partial charge in [-0.2, -0.15) is 0 Å². The van der Waals surface area contributed by atoms with Crippen molar-refractivity contribution in [2.24, 2.45) is 0 Å². The number of hydrogen-bond donors (Lipinski definition) is 3. The van der Waals surface area contributed by atoms with E-state index in [2.05, 4.69) is 4.98 Å². The lowest BCUT2D eigenvalue weighted by atomic mass is 10.2. The molecule has 0 aliphatic carbocycles. The molecule has 0 radical (unpaired) electrons. The van der Waals surface area contributed by atoms with Crippen molar-refractivity contribution in [2.45, 2.75) is 26.0 Å². The SMILES string of the molecule is CCc1nc2c(N)cccc2n1CC(O)CO. The summed E-state index contributed by atoms with van der Waals surface area (Å²) in [6.45, 7) is 2.07. The van der Waals surface area contributed by atoms with E-state index in [9.17, 15) is 5.11 Å². The van der Waals surface area contributed by atoms with Crippen molar-refractivity contribution in [3.63, 3.8) is 0 Å². The van der Waals surface area contributed by atoms with E-state index in [0.29, 0.717) is 12.2 Å². The third kappa shape index (κ3) is 2.11. The summed E-state index contributed by atoms with van der Waals surface area (Å²) in [4.78, 5) is 4.46. The van der Waals surface area contributed by atoms with Gasteiger partial charge in [0.05, 0.1) is 30.5 Å². The molecule has 0 fully saturated rings. The Hall–Kier alpha value is -1.59. The van der Waals surface area contributed by atoms with E-state index in [1.807, 2.05) is 29.7 Å². The minimum atomic E-state index is -0.779. The van der Waals surface area contributed by atoms with Crippen LogP contribution in [0.15, 0.2) is 18.2 Å². The van der Waals surface area contributed by atoms with Gasteiger partial charge in [0.2, 0.25) is 0 Å². The van der Waals surface area contributed by atoms with Crippen molar-refractivity contribution >= 4 is 16.7 Å². The summed E-state index contributed by atoms with van der Waals surface area (Å²) in [5.74, 6) is 0.866. The molecule has 0 aliphatic rings. The zero-order valence-electron chi connectivity index (χ0n) is 9.80. The fourth-order valence-corrected chi connectivity index (χ4v) is 1.96. The van der Waals surface area contributed by atoms with Gasteiger partial charge in [0.1, 0.15) is 11.3 Å². The molecule has 1 unspecified atom stereocenters. The minimum absolute atomic E-state index is 0.259. The molecule has 5 heteroatoms. The Morgan fingerprint density at radius 2 is 2.24 bits per heavy atom. The number of nitrogens with zero attached hydrogens (tertiary/aromatic N) is 2. The van der Waals surface area contributed by atoms with Crippen LogP contribution in [0, 0.1) is 0 Å². The molecule has 4 N–H and O–H groups in total. The van der Waals surface area contributed by atoms with Gasteiger partial charge in [-0.3, -0.25) is 0 Å². The molecule has 0 saturated heterocycles. The van der Waals surface area contributed by atoms with E-state index in [-0.39, 0.29) is 6.61 Å². The van der Waals surface area contributed by atoms with Gasteiger partial charge in [-0.05, 0) is 12.1 Å². The topological polar surface area (TPSA) is 84.3 Å². The highest BCUT2D eigenvalue weighted by atomic mass is 16.3. The van der Waals surface area contributed by atoms with Gasteiger partial charge in [-0.15, -0.1) is 0 Å². The summed E-state index contributed by atoms with van der Waals surface area (Å²) in [6.07, 6.45) is -0.0224. The number of aromatic nitrogens is 2. The molecule has 1 heterocycles. The second-order valence-corrected chi connectivity index (χ2v) is 4.04. The Morgan fingerprint density at radius 3 is 2.88 bits per heavy atom. The van der Waals surface area contributed by atoms with E-state index in [1.165, 1.54) is 0 Å². The zero-order chi connectivity index (χ0) is 12.4. The molecule has 1 aromatic carbocycles. The number of nitrogens with two attached hydrogens (primary N) is 1. The maximum absolute atomic E-state index is 9.55. The molecule has 17 heavy (non-hydrogen) atoms. The largest absolute Gasteiger partial charge is 0.397 e. The number of imidazole rings is 1. The summed E-state index contributed by atoms with van der Waals surface area (Å²) < 4.78 is 1.91. The van der Waals surface area contributed by atoms with Crippen LogP contribution in [-0.4, -0.2) is 32.5 Å². The molecule has 0 bridgehead atoms. The number of para-hydroxylation sites is 1. The quantitative estimate of drug-likeness (QED) is 0.675. The lowest BCUT2D eigenvalue weighted by Crippen LogP contribution is -2.21. The molecule has 0 spiro atoms. The summed E-state index contributed by atoms with van der Waals surface area (Å²) in [7, 11) is 0. The first-order valence-electron chi connectivity index (χ1n) is 5.69. The lowest BCUT2D eigenvalue weighted by Gasteiger charge is -2.11. The Morgan fingerprint density at radius 1 is 1.47 bits per heavy atom. The summed E-state index contributed by atoms with van der Waals surface area (Å²) in [5, 5.41) is 18.5. The summed E-state index contributed by atoms with van der Waals surface area (Å²) in [6, 6.07) is 5.59. The number of rotatable bonds is 4. The number of benzene rings is 1. The average molecular weight is 235 g/mol. The van der Waals surface area contributed by atoms with E-state index in [4.69, 9.17) is 10.8 Å². The standard InChI is InChI=1S/C12H17N3O2/c1-2-11-14-12-9(13)4-3-5-10(12)15(11)6-8(17)7-16/h3-5,8,16-17H,2,6-7,13H2,1H3. The highest BCUT2D eigenvalue weighted by Crippen LogP contribution is 2.22. The third-order valence-electron chi connectivity index (χ3n) is 2.81. The summed E-state index contributed by atoms with van der Waals surface area (Å²) >= 11 is 0. The van der Waals surface area contributed by atoms with Gasteiger partial charge in [0.15, 0.2) is 0 Å². The second-order valence-electron chi connectivity index (χ2n) is 4.04. The van der Waals surface area contributed by atoms with Crippen molar-refractivity contribution in [2.75, 3.05) is 12.3 Å². The van der Waals surface area contributed by atoms with E-state index in [0.717, 1.165) is 23.3 Å². The zero-order valence-corrected chi connectivity index (χ0v) is 9.80. The molecular formula is C12H17N3O2. The Bertz CT molecular complexity index is 522. The van der Waals surface area contributed by atoms with Gasteiger partial charge in [0.25, 0.3) is 0 Å². The van der Waals surface area contributed by atoms with Crippen LogP contribution < -0.4 is 5.73 Å². The monoisotopic (exact) mass is 235 g/mol. The second kappa shape index (κ2) is 4.73. The van der Waals surface area contributed by atoms with E-state index in [1.54, 1.807) is 0 Å². The average Bonchev–Trinajstić information content (AvgIpc) is 2.69. The number of nitrogen functional groups attached to an aromatic ring is 1. The van der Waals surface area contributed by atoms with Crippen LogP contribution in [0.1, 0.15) is 12.7 Å². The van der Waals surface area contributed by atoms with Gasteiger partial charge in [0, 0.05) is 6.42 Å². The summed E-state index contributed by atoms with van der Waals surface area (Å²) in [5.41, 5.74) is 8.16. The van der Waals surface area contributed by atoms with Crippen molar-refractivity contribution in [3.05, 3.63) is 24.0 Å². The van der Waals surface area contributed by atoms with Crippen LogP contribution in [0.3, 0.4) is 0 Å². The van der Waals surface area contributed by atoms with Crippen LogP contribution in [0.25, 0.3) is 11.0 Å². The highest BCUT2D eigenvalue weighted by Gasteiger charge is 2.13. The Labute approximate surface area is 99.5 Å². The highest BCUT2D eigenvalue weighted by molar-refractivity contribution is 5.87. The van der Waals surface area contributed by atoms with Crippen molar-refractivity contribution in [1.82, 2.24) is 9.55 Å². The smallest absolute Gasteiger partial charge is 0.112 e. The van der Waals surface area contributed by atoms with Crippen molar-refractivity contribution in [3.8, 4) is 0 Å². The Balaban J connectivity index is 2.55. The third-order valence-corrected chi connectivity index (χ3v) is 2.81. The maximum atomic E-state index is 9.55. The van der Waals surface area contributed by atoms with Crippen LogP contribution in [-0.2, 0) is 13.0 Å². The van der Waals surface area contributed by atoms with Crippen molar-refractivity contribution in [1.29, 1.82) is 0 Å². The first-order valence-corrected chi connectivity index (χ1v) is 5.69. The van der Waals surface area contributed by atoms with Crippen LogP contribution in [0.5, 0.6) is 0 Å². The number of fused-ring (bicyclic) bond motifs is 1. The van der Waals surface area contributed by atoms with Gasteiger partial charge in [-0.25, -0.2) is 4.98 Å². The first-order chi connectivity index (χ1) is 8.17. The first kappa shape index (κ1) is 11.9. The van der Waals surface area contributed by atoms with Crippen LogP contribution in [0.4, 0.5) is 5.69 Å². The minimum Gasteiger partial charge on any atom is -0.397 e. The predicted octanol–water partition coefficient (Wildman–Crippen LogP) is 0.534. The molecule has 2 aromatic rings. The molecule has 92 valence electrons. The molecule has 0 aliphatic heterocycles. The number of hydrogen-bond acceptors (Lipinski definition) is 4. The fraction of sp³-hybridized carbons (Fsp3) is 0.417. The van der Waals surface area contributed by atoms with E-state index >= 15 is 0 Å². The van der Waals surface area contributed by atoms with E-state index < -0.39 is 6.10 Å².